The zero-order valence-corrected chi connectivity index (χ0v) is 29.2. The number of anilines is 2. The largest absolute Gasteiger partial charge is 0.493 e. The van der Waals surface area contributed by atoms with Gasteiger partial charge in [-0.15, -0.1) is 0 Å². The second-order valence-corrected chi connectivity index (χ2v) is 12.4. The first-order chi connectivity index (χ1) is 25.3. The van der Waals surface area contributed by atoms with Crippen molar-refractivity contribution in [2.24, 2.45) is 0 Å². The van der Waals surface area contributed by atoms with Crippen molar-refractivity contribution < 1.29 is 38.1 Å². The van der Waals surface area contributed by atoms with E-state index in [1.807, 2.05) is 53.4 Å². The smallest absolute Gasteiger partial charge is 0.257 e. The summed E-state index contributed by atoms with van der Waals surface area (Å²) in [6.07, 6.45) is 1.84. The molecule has 0 radical (unpaired) electrons. The van der Waals surface area contributed by atoms with Crippen molar-refractivity contribution in [2.45, 2.75) is 25.6 Å². The Morgan fingerprint density at radius 3 is 2.29 bits per heavy atom. The van der Waals surface area contributed by atoms with Gasteiger partial charge in [0.05, 0.1) is 57.3 Å². The molecular weight excluding hydrogens is 664 g/mol. The van der Waals surface area contributed by atoms with E-state index in [0.29, 0.717) is 53.8 Å². The molecule has 2 amide bonds. The second-order valence-electron chi connectivity index (χ2n) is 12.4. The van der Waals surface area contributed by atoms with Crippen LogP contribution in [0.5, 0.6) is 23.0 Å². The van der Waals surface area contributed by atoms with Gasteiger partial charge in [-0.1, -0.05) is 30.3 Å². The molecule has 0 saturated carbocycles. The lowest BCUT2D eigenvalue weighted by molar-refractivity contribution is -0.00905. The number of nitrogens with one attached hydrogen (secondary N) is 2. The summed E-state index contributed by atoms with van der Waals surface area (Å²) in [7, 11) is 6.15. The van der Waals surface area contributed by atoms with Gasteiger partial charge in [-0.2, -0.15) is 0 Å². The standard InChI is InChI=1S/C40H38N4O8/c1-48-33-17-28-27-13-14-44(22-37(27)52-32(28)20-36(33)51-4)38(45)15-23-9-11-26(12-10-23)42-40(47)29-18-34(49-2)35(50-3)19-31(29)43-39(46)25-16-24-7-5-6-8-30(24)41-21-25/h5-12,16-21,38,45H,13-15,22H2,1-4H3,(H,42,47)(H,43,46). The van der Waals surface area contributed by atoms with E-state index in [4.69, 9.17) is 23.4 Å². The van der Waals surface area contributed by atoms with Gasteiger partial charge in [0.1, 0.15) is 17.6 Å². The number of carbonyl (C=O) groups excluding carboxylic acids is 2. The molecule has 7 rings (SSSR count). The number of benzene rings is 4. The Bertz CT molecular complexity index is 2280. The fourth-order valence-corrected chi connectivity index (χ4v) is 6.52. The highest BCUT2D eigenvalue weighted by Crippen LogP contribution is 2.39. The number of carbonyl (C=O) groups is 2. The van der Waals surface area contributed by atoms with Crippen molar-refractivity contribution in [1.29, 1.82) is 0 Å². The van der Waals surface area contributed by atoms with Crippen molar-refractivity contribution in [3.8, 4) is 23.0 Å². The molecule has 0 aliphatic carbocycles. The quantitative estimate of drug-likeness (QED) is 0.138. The lowest BCUT2D eigenvalue weighted by Crippen LogP contribution is -2.40. The first-order valence-corrected chi connectivity index (χ1v) is 16.7. The molecule has 3 N–H and O–H groups in total. The first-order valence-electron chi connectivity index (χ1n) is 16.7. The number of furan rings is 1. The number of ether oxygens (including phenoxy) is 4. The van der Waals surface area contributed by atoms with Gasteiger partial charge in [0, 0.05) is 53.3 Å². The number of aliphatic hydroxyl groups is 1. The molecule has 3 heterocycles. The third kappa shape index (κ3) is 6.81. The maximum atomic E-state index is 13.7. The van der Waals surface area contributed by atoms with E-state index in [9.17, 15) is 14.7 Å². The third-order valence-corrected chi connectivity index (χ3v) is 9.30. The predicted octanol–water partition coefficient (Wildman–Crippen LogP) is 6.44. The van der Waals surface area contributed by atoms with E-state index in [0.717, 1.165) is 45.2 Å². The average Bonchev–Trinajstić information content (AvgIpc) is 3.54. The minimum absolute atomic E-state index is 0.172. The van der Waals surface area contributed by atoms with Crippen LogP contribution in [0, 0.1) is 0 Å². The van der Waals surface area contributed by atoms with Gasteiger partial charge in [0.25, 0.3) is 11.8 Å². The van der Waals surface area contributed by atoms with Gasteiger partial charge in [0.15, 0.2) is 23.0 Å². The van der Waals surface area contributed by atoms with E-state index >= 15 is 0 Å². The lowest BCUT2D eigenvalue weighted by Gasteiger charge is -2.30. The number of para-hydroxylation sites is 1. The summed E-state index contributed by atoms with van der Waals surface area (Å²) < 4.78 is 28.0. The summed E-state index contributed by atoms with van der Waals surface area (Å²) in [5.41, 5.74) is 4.77. The van der Waals surface area contributed by atoms with Crippen molar-refractivity contribution >= 4 is 45.1 Å². The van der Waals surface area contributed by atoms with E-state index in [1.54, 1.807) is 38.5 Å². The van der Waals surface area contributed by atoms with Crippen LogP contribution in [0.25, 0.3) is 21.9 Å². The number of aliphatic hydroxyl groups excluding tert-OH is 1. The van der Waals surface area contributed by atoms with Crippen LogP contribution in [0.15, 0.2) is 89.5 Å². The second kappa shape index (κ2) is 14.6. The molecule has 52 heavy (non-hydrogen) atoms. The third-order valence-electron chi connectivity index (χ3n) is 9.30. The predicted molar refractivity (Wildman–Crippen MR) is 197 cm³/mol. The van der Waals surface area contributed by atoms with Gasteiger partial charge >= 0.3 is 0 Å². The normalized spacial score (nSPS) is 13.3. The fraction of sp³-hybridized carbons (Fsp3) is 0.225. The SMILES string of the molecule is COc1cc(NC(=O)c2cnc3ccccc3c2)c(C(=O)Nc2ccc(CC(O)N3CCc4c(oc5cc(OC)c(OC)cc45)C3)cc2)cc1OC. The molecule has 1 unspecified atom stereocenters. The van der Waals surface area contributed by atoms with E-state index in [1.165, 1.54) is 26.5 Å². The van der Waals surface area contributed by atoms with Crippen LogP contribution in [-0.4, -0.2) is 68.0 Å². The van der Waals surface area contributed by atoms with Gasteiger partial charge < -0.3 is 39.1 Å². The number of rotatable bonds is 11. The first kappa shape index (κ1) is 34.3. The zero-order chi connectivity index (χ0) is 36.4. The summed E-state index contributed by atoms with van der Waals surface area (Å²) in [5, 5.41) is 18.8. The van der Waals surface area contributed by atoms with Crippen LogP contribution in [0.2, 0.25) is 0 Å². The summed E-state index contributed by atoms with van der Waals surface area (Å²) in [5.74, 6) is 1.83. The molecule has 0 fully saturated rings. The number of amides is 2. The molecule has 1 aliphatic rings. The molecule has 2 aromatic heterocycles. The lowest BCUT2D eigenvalue weighted by atomic mass is 10.0. The van der Waals surface area contributed by atoms with E-state index in [2.05, 4.69) is 15.6 Å². The van der Waals surface area contributed by atoms with E-state index in [-0.39, 0.29) is 11.3 Å². The topological polar surface area (TPSA) is 145 Å². The Morgan fingerprint density at radius 1 is 0.846 bits per heavy atom. The van der Waals surface area contributed by atoms with Gasteiger partial charge in [-0.25, -0.2) is 0 Å². The summed E-state index contributed by atoms with van der Waals surface area (Å²) in [6, 6.07) is 23.3. The average molecular weight is 703 g/mol. The van der Waals surface area contributed by atoms with Crippen LogP contribution in [0.3, 0.4) is 0 Å². The van der Waals surface area contributed by atoms with Crippen LogP contribution >= 0.6 is 0 Å². The Kier molecular flexibility index (Phi) is 9.66. The molecule has 266 valence electrons. The van der Waals surface area contributed by atoms with Gasteiger partial charge in [0.2, 0.25) is 0 Å². The number of methoxy groups -OCH3 is 4. The van der Waals surface area contributed by atoms with Crippen LogP contribution in [0.4, 0.5) is 11.4 Å². The number of nitrogens with zero attached hydrogens (tertiary/aromatic N) is 2. The molecule has 1 atom stereocenters. The van der Waals surface area contributed by atoms with Crippen molar-refractivity contribution in [2.75, 3.05) is 45.6 Å². The zero-order valence-electron chi connectivity index (χ0n) is 29.2. The summed E-state index contributed by atoms with van der Waals surface area (Å²) >= 11 is 0. The highest BCUT2D eigenvalue weighted by atomic mass is 16.5. The van der Waals surface area contributed by atoms with Gasteiger partial charge in [-0.3, -0.25) is 19.5 Å². The van der Waals surface area contributed by atoms with Crippen LogP contribution in [0.1, 0.15) is 37.6 Å². The highest BCUT2D eigenvalue weighted by molar-refractivity contribution is 6.13. The Morgan fingerprint density at radius 2 is 1.54 bits per heavy atom. The number of aromatic nitrogens is 1. The molecule has 12 nitrogen and oxygen atoms in total. The maximum absolute atomic E-state index is 13.7. The number of fused-ring (bicyclic) bond motifs is 4. The monoisotopic (exact) mass is 702 g/mol. The van der Waals surface area contributed by atoms with E-state index < -0.39 is 18.0 Å². The number of hydrogen-bond donors (Lipinski definition) is 3. The summed E-state index contributed by atoms with van der Waals surface area (Å²) in [4.78, 5) is 33.4. The molecule has 12 heteroatoms. The highest BCUT2D eigenvalue weighted by Gasteiger charge is 2.28. The Labute approximate surface area is 299 Å². The molecule has 4 aromatic carbocycles. The Hall–Kier alpha value is -6.11. The van der Waals surface area contributed by atoms with Crippen LogP contribution in [-0.2, 0) is 19.4 Å². The minimum Gasteiger partial charge on any atom is -0.493 e. The fourth-order valence-electron chi connectivity index (χ4n) is 6.52. The van der Waals surface area contributed by atoms with Crippen molar-refractivity contribution in [3.05, 3.63) is 113 Å². The number of pyridine rings is 1. The molecule has 6 aromatic rings. The minimum atomic E-state index is -0.749. The van der Waals surface area contributed by atoms with Crippen molar-refractivity contribution in [1.82, 2.24) is 9.88 Å². The molecule has 0 bridgehead atoms. The summed E-state index contributed by atoms with van der Waals surface area (Å²) in [6.45, 7) is 1.12. The van der Waals surface area contributed by atoms with Crippen molar-refractivity contribution in [3.63, 3.8) is 0 Å². The molecule has 0 spiro atoms. The Balaban J connectivity index is 1.03. The molecule has 1 aliphatic heterocycles. The van der Waals surface area contributed by atoms with Gasteiger partial charge in [-0.05, 0) is 48.4 Å². The van der Waals surface area contributed by atoms with Crippen LogP contribution < -0.4 is 29.6 Å². The molecule has 0 saturated heterocycles. The maximum Gasteiger partial charge on any atom is 0.257 e. The number of hydrogen-bond acceptors (Lipinski definition) is 10. The molecular formula is C40H38N4O8.